The summed E-state index contributed by atoms with van der Waals surface area (Å²) in [6.07, 6.45) is -0.257. The van der Waals surface area contributed by atoms with Crippen LogP contribution in [0.25, 0.3) is 0 Å². The molecule has 0 radical (unpaired) electrons. The highest BCUT2D eigenvalue weighted by Crippen LogP contribution is 1.91. The van der Waals surface area contributed by atoms with Crippen molar-refractivity contribution in [2.24, 2.45) is 0 Å². The smallest absolute Gasteiger partial charge is 0.0662 e. The maximum Gasteiger partial charge on any atom is 0.0662 e. The molecule has 0 bridgehead atoms. The van der Waals surface area contributed by atoms with E-state index >= 15 is 0 Å². The van der Waals surface area contributed by atoms with Crippen molar-refractivity contribution in [1.29, 1.82) is 0 Å². The lowest BCUT2D eigenvalue weighted by atomic mass is 10.2. The van der Waals surface area contributed by atoms with E-state index in [9.17, 15) is 0 Å². The summed E-state index contributed by atoms with van der Waals surface area (Å²) in [5.41, 5.74) is 0. The van der Waals surface area contributed by atoms with Crippen molar-refractivity contribution >= 4 is 0 Å². The topological polar surface area (TPSA) is 32.3 Å². The van der Waals surface area contributed by atoms with E-state index in [0.29, 0.717) is 6.04 Å². The van der Waals surface area contributed by atoms with Gasteiger partial charge in [0.1, 0.15) is 0 Å². The molecule has 0 fully saturated rings. The third-order valence-corrected chi connectivity index (χ3v) is 1.32. The second-order valence-electron chi connectivity index (χ2n) is 2.85. The van der Waals surface area contributed by atoms with Crippen molar-refractivity contribution in [2.75, 3.05) is 0 Å². The van der Waals surface area contributed by atoms with Crippen LogP contribution < -0.4 is 5.32 Å². The second kappa shape index (κ2) is 3.85. The number of rotatable bonds is 3. The van der Waals surface area contributed by atoms with E-state index in [4.69, 9.17) is 5.11 Å². The first-order valence-corrected chi connectivity index (χ1v) is 3.48. The van der Waals surface area contributed by atoms with E-state index in [0.717, 1.165) is 0 Å². The third-order valence-electron chi connectivity index (χ3n) is 1.32. The maximum atomic E-state index is 9.01. The molecule has 0 aromatic rings. The Bertz CT molecular complexity index is 71.3. The molecule has 2 nitrogen and oxygen atoms in total. The predicted octanol–water partition coefficient (Wildman–Crippen LogP) is 0.754. The molecule has 0 spiro atoms. The van der Waals surface area contributed by atoms with Crippen molar-refractivity contribution in [3.63, 3.8) is 0 Å². The Hall–Kier alpha value is -0.0800. The molecule has 0 rings (SSSR count). The Morgan fingerprint density at radius 2 is 1.56 bits per heavy atom. The summed E-state index contributed by atoms with van der Waals surface area (Å²) in [5, 5.41) is 12.2. The molecule has 0 aliphatic carbocycles. The van der Waals surface area contributed by atoms with Crippen LogP contribution in [-0.4, -0.2) is 23.3 Å². The summed E-state index contributed by atoms with van der Waals surface area (Å²) in [5.74, 6) is 0. The zero-order valence-corrected chi connectivity index (χ0v) is 6.68. The van der Waals surface area contributed by atoms with Crippen LogP contribution in [0.1, 0.15) is 27.7 Å². The van der Waals surface area contributed by atoms with Gasteiger partial charge in [0.15, 0.2) is 0 Å². The fraction of sp³-hybridized carbons (Fsp3) is 1.00. The monoisotopic (exact) mass is 131 g/mol. The van der Waals surface area contributed by atoms with E-state index in [2.05, 4.69) is 19.2 Å². The Morgan fingerprint density at radius 1 is 1.11 bits per heavy atom. The Labute approximate surface area is 57.3 Å². The van der Waals surface area contributed by atoms with Gasteiger partial charge in [-0.25, -0.2) is 0 Å². The average Bonchev–Trinajstić information content (AvgIpc) is 1.63. The van der Waals surface area contributed by atoms with Crippen LogP contribution in [0, 0.1) is 0 Å². The molecule has 2 heteroatoms. The second-order valence-corrected chi connectivity index (χ2v) is 2.85. The van der Waals surface area contributed by atoms with E-state index in [1.54, 1.807) is 6.92 Å². The van der Waals surface area contributed by atoms with Gasteiger partial charge in [-0.3, -0.25) is 0 Å². The zero-order valence-electron chi connectivity index (χ0n) is 6.68. The van der Waals surface area contributed by atoms with Crippen LogP contribution in [0.3, 0.4) is 0 Å². The summed E-state index contributed by atoms with van der Waals surface area (Å²) in [4.78, 5) is 0. The van der Waals surface area contributed by atoms with Gasteiger partial charge in [-0.2, -0.15) is 0 Å². The summed E-state index contributed by atoms with van der Waals surface area (Å²) in [6, 6.07) is 0.652. The van der Waals surface area contributed by atoms with E-state index < -0.39 is 0 Å². The van der Waals surface area contributed by atoms with Crippen LogP contribution in [0.4, 0.5) is 0 Å². The van der Waals surface area contributed by atoms with Crippen molar-refractivity contribution in [2.45, 2.75) is 45.9 Å². The van der Waals surface area contributed by atoms with Gasteiger partial charge in [-0.05, 0) is 13.8 Å². The highest BCUT2D eigenvalue weighted by molar-refractivity contribution is 4.68. The van der Waals surface area contributed by atoms with Crippen molar-refractivity contribution in [3.8, 4) is 0 Å². The SMILES string of the molecule is CC(C)NC(C)C(C)O. The first-order valence-electron chi connectivity index (χ1n) is 3.48. The van der Waals surface area contributed by atoms with Gasteiger partial charge < -0.3 is 10.4 Å². The molecule has 0 aliphatic heterocycles. The van der Waals surface area contributed by atoms with Gasteiger partial charge in [0.05, 0.1) is 6.10 Å². The molecule has 2 unspecified atom stereocenters. The normalized spacial score (nSPS) is 18.0. The number of hydrogen-bond acceptors (Lipinski definition) is 2. The van der Waals surface area contributed by atoms with E-state index in [1.807, 2.05) is 6.92 Å². The average molecular weight is 131 g/mol. The van der Waals surface area contributed by atoms with Crippen LogP contribution in [0.5, 0.6) is 0 Å². The Morgan fingerprint density at radius 3 is 1.67 bits per heavy atom. The quantitative estimate of drug-likeness (QED) is 0.592. The van der Waals surface area contributed by atoms with Gasteiger partial charge in [-0.15, -0.1) is 0 Å². The standard InChI is InChI=1S/C7H17NO/c1-5(2)8-6(3)7(4)9/h5-9H,1-4H3. The summed E-state index contributed by atoms with van der Waals surface area (Å²) >= 11 is 0. The van der Waals surface area contributed by atoms with Crippen LogP contribution in [0.2, 0.25) is 0 Å². The van der Waals surface area contributed by atoms with E-state index in [1.165, 1.54) is 0 Å². The number of nitrogens with one attached hydrogen (secondary N) is 1. The van der Waals surface area contributed by atoms with Gasteiger partial charge >= 0.3 is 0 Å². The lowest BCUT2D eigenvalue weighted by molar-refractivity contribution is 0.148. The zero-order chi connectivity index (χ0) is 7.44. The molecule has 0 saturated carbocycles. The van der Waals surface area contributed by atoms with Gasteiger partial charge in [0, 0.05) is 12.1 Å². The Kier molecular flexibility index (Phi) is 3.82. The third kappa shape index (κ3) is 4.43. The van der Waals surface area contributed by atoms with Gasteiger partial charge in [0.2, 0.25) is 0 Å². The van der Waals surface area contributed by atoms with Crippen molar-refractivity contribution in [3.05, 3.63) is 0 Å². The molecule has 0 heterocycles. The van der Waals surface area contributed by atoms with Crippen LogP contribution >= 0.6 is 0 Å². The molecule has 9 heavy (non-hydrogen) atoms. The lowest BCUT2D eigenvalue weighted by Crippen LogP contribution is -2.39. The Balaban J connectivity index is 3.38. The first kappa shape index (κ1) is 8.92. The highest BCUT2D eigenvalue weighted by atomic mass is 16.3. The van der Waals surface area contributed by atoms with Crippen LogP contribution in [-0.2, 0) is 0 Å². The molecule has 0 amide bonds. The molecule has 0 aromatic heterocycles. The molecule has 56 valence electrons. The summed E-state index contributed by atoms with van der Waals surface area (Å²) < 4.78 is 0. The van der Waals surface area contributed by atoms with Gasteiger partial charge in [0.25, 0.3) is 0 Å². The minimum atomic E-state index is -0.257. The van der Waals surface area contributed by atoms with Crippen molar-refractivity contribution in [1.82, 2.24) is 5.32 Å². The van der Waals surface area contributed by atoms with Gasteiger partial charge in [-0.1, -0.05) is 13.8 Å². The number of aliphatic hydroxyl groups excluding tert-OH is 1. The molecular formula is C7H17NO. The molecule has 2 N–H and O–H groups in total. The largest absolute Gasteiger partial charge is 0.392 e. The molecule has 0 aromatic carbocycles. The fourth-order valence-electron chi connectivity index (χ4n) is 0.665. The van der Waals surface area contributed by atoms with Crippen molar-refractivity contribution < 1.29 is 5.11 Å². The molecule has 0 aliphatic rings. The highest BCUT2D eigenvalue weighted by Gasteiger charge is 2.07. The van der Waals surface area contributed by atoms with Crippen LogP contribution in [0.15, 0.2) is 0 Å². The first-order chi connectivity index (χ1) is 4.04. The summed E-state index contributed by atoms with van der Waals surface area (Å²) in [7, 11) is 0. The fourth-order valence-corrected chi connectivity index (χ4v) is 0.665. The molecular weight excluding hydrogens is 114 g/mol. The maximum absolute atomic E-state index is 9.01. The lowest BCUT2D eigenvalue weighted by Gasteiger charge is -2.18. The number of hydrogen-bond donors (Lipinski definition) is 2. The summed E-state index contributed by atoms with van der Waals surface area (Å²) in [6.45, 7) is 7.91. The molecule has 0 saturated heterocycles. The minimum Gasteiger partial charge on any atom is -0.392 e. The minimum absolute atomic E-state index is 0.199. The predicted molar refractivity (Wildman–Crippen MR) is 39.4 cm³/mol. The molecule has 2 atom stereocenters. The van der Waals surface area contributed by atoms with E-state index in [-0.39, 0.29) is 12.1 Å². The number of aliphatic hydroxyl groups is 1.